The minimum absolute atomic E-state index is 0.0446. The molecule has 0 aromatic rings. The minimum atomic E-state index is -0.560. The van der Waals surface area contributed by atoms with Crippen molar-refractivity contribution in [1.29, 1.82) is 0 Å². The predicted octanol–water partition coefficient (Wildman–Crippen LogP) is 3.07. The van der Waals surface area contributed by atoms with Crippen LogP contribution >= 0.6 is 0 Å². The highest BCUT2D eigenvalue weighted by Crippen LogP contribution is 2.38. The van der Waals surface area contributed by atoms with E-state index in [1.165, 1.54) is 32.1 Å². The van der Waals surface area contributed by atoms with Crippen molar-refractivity contribution in [3.63, 3.8) is 0 Å². The molecule has 0 aromatic heterocycles. The van der Waals surface area contributed by atoms with Gasteiger partial charge in [-0.2, -0.15) is 0 Å². The Labute approximate surface area is 85.7 Å². The highest BCUT2D eigenvalue weighted by atomic mass is 16.4. The summed E-state index contributed by atoms with van der Waals surface area (Å²) in [5.41, 5.74) is 0. The normalized spacial score (nSPS) is 38.4. The van der Waals surface area contributed by atoms with E-state index in [1.807, 2.05) is 0 Å². The fraction of sp³-hybridized carbons (Fsp3) is 0.917. The van der Waals surface area contributed by atoms with Crippen molar-refractivity contribution in [3.8, 4) is 0 Å². The maximum absolute atomic E-state index is 11.0. The average molecular weight is 196 g/mol. The van der Waals surface area contributed by atoms with Crippen LogP contribution in [0.3, 0.4) is 0 Å². The molecule has 2 nitrogen and oxygen atoms in total. The van der Waals surface area contributed by atoms with Crippen molar-refractivity contribution in [2.45, 2.75) is 51.4 Å². The molecule has 0 aromatic carbocycles. The number of carbonyl (C=O) groups is 1. The third-order valence-electron chi connectivity index (χ3n) is 4.10. The van der Waals surface area contributed by atoms with Crippen molar-refractivity contribution >= 4 is 5.97 Å². The van der Waals surface area contributed by atoms with Crippen molar-refractivity contribution in [3.05, 3.63) is 0 Å². The molecule has 3 rings (SSSR count). The van der Waals surface area contributed by atoms with Crippen LogP contribution in [0.25, 0.3) is 0 Å². The van der Waals surface area contributed by atoms with Crippen LogP contribution in [0, 0.1) is 17.8 Å². The van der Waals surface area contributed by atoms with Gasteiger partial charge in [-0.05, 0) is 24.7 Å². The largest absolute Gasteiger partial charge is 0.481 e. The van der Waals surface area contributed by atoms with Gasteiger partial charge in [-0.3, -0.25) is 4.79 Å². The lowest BCUT2D eigenvalue weighted by molar-refractivity contribution is -0.142. The topological polar surface area (TPSA) is 37.3 Å². The number of rotatable bonds is 1. The van der Waals surface area contributed by atoms with Gasteiger partial charge < -0.3 is 5.11 Å². The molecule has 80 valence electrons. The SMILES string of the molecule is O=C(O)C1CCCC2CCC(CC2)C1. The molecule has 0 spiro atoms. The van der Waals surface area contributed by atoms with Crippen LogP contribution < -0.4 is 0 Å². The fourth-order valence-corrected chi connectivity index (χ4v) is 3.15. The maximum atomic E-state index is 11.0. The summed E-state index contributed by atoms with van der Waals surface area (Å²) in [5.74, 6) is 1.02. The molecule has 3 aliphatic carbocycles. The zero-order valence-electron chi connectivity index (χ0n) is 8.74. The highest BCUT2D eigenvalue weighted by Gasteiger charge is 2.28. The second kappa shape index (κ2) is 4.33. The van der Waals surface area contributed by atoms with Crippen LogP contribution in [0.2, 0.25) is 0 Å². The molecule has 2 heteroatoms. The molecule has 3 saturated carbocycles. The maximum Gasteiger partial charge on any atom is 0.306 e. The van der Waals surface area contributed by atoms with Gasteiger partial charge in [0.25, 0.3) is 0 Å². The first-order chi connectivity index (χ1) is 6.75. The van der Waals surface area contributed by atoms with Crippen LogP contribution in [0.1, 0.15) is 51.4 Å². The summed E-state index contributed by atoms with van der Waals surface area (Å²) in [6.07, 6.45) is 9.56. The van der Waals surface area contributed by atoms with Crippen LogP contribution in [-0.4, -0.2) is 11.1 Å². The molecule has 1 unspecified atom stereocenters. The lowest BCUT2D eigenvalue weighted by Gasteiger charge is -2.27. The van der Waals surface area contributed by atoms with Crippen LogP contribution in [0.4, 0.5) is 0 Å². The number of hydrogen-bond acceptors (Lipinski definition) is 1. The Morgan fingerprint density at radius 1 is 0.929 bits per heavy atom. The van der Waals surface area contributed by atoms with E-state index in [0.717, 1.165) is 25.2 Å². The van der Waals surface area contributed by atoms with Crippen LogP contribution in [0.5, 0.6) is 0 Å². The van der Waals surface area contributed by atoms with E-state index in [9.17, 15) is 4.79 Å². The zero-order chi connectivity index (χ0) is 9.97. The van der Waals surface area contributed by atoms with E-state index in [4.69, 9.17) is 5.11 Å². The second-order valence-corrected chi connectivity index (χ2v) is 5.09. The molecule has 1 N–H and O–H groups in total. The molecule has 3 aliphatic rings. The molecule has 1 atom stereocenters. The molecule has 0 saturated heterocycles. The van der Waals surface area contributed by atoms with Gasteiger partial charge in [-0.15, -0.1) is 0 Å². The van der Waals surface area contributed by atoms with Crippen molar-refractivity contribution in [1.82, 2.24) is 0 Å². The monoisotopic (exact) mass is 196 g/mol. The van der Waals surface area contributed by atoms with Crippen LogP contribution in [0.15, 0.2) is 0 Å². The van der Waals surface area contributed by atoms with Gasteiger partial charge in [0, 0.05) is 0 Å². The molecule has 3 fully saturated rings. The summed E-state index contributed by atoms with van der Waals surface area (Å²) in [6.45, 7) is 0. The van der Waals surface area contributed by atoms with Gasteiger partial charge in [-0.25, -0.2) is 0 Å². The van der Waals surface area contributed by atoms with Crippen LogP contribution in [-0.2, 0) is 4.79 Å². The fourth-order valence-electron chi connectivity index (χ4n) is 3.15. The van der Waals surface area contributed by atoms with E-state index in [0.29, 0.717) is 5.92 Å². The summed E-state index contributed by atoms with van der Waals surface area (Å²) in [7, 11) is 0. The van der Waals surface area contributed by atoms with Crippen molar-refractivity contribution in [2.24, 2.45) is 17.8 Å². The second-order valence-electron chi connectivity index (χ2n) is 5.09. The molecular formula is C12H20O2. The summed E-state index contributed by atoms with van der Waals surface area (Å²) in [6, 6.07) is 0. The van der Waals surface area contributed by atoms with E-state index in [1.54, 1.807) is 0 Å². The highest BCUT2D eigenvalue weighted by molar-refractivity contribution is 5.69. The number of carboxylic acid groups (broad SMARTS) is 1. The Hall–Kier alpha value is -0.530. The minimum Gasteiger partial charge on any atom is -0.481 e. The third kappa shape index (κ3) is 2.28. The first kappa shape index (κ1) is 10.0. The molecule has 2 bridgehead atoms. The van der Waals surface area contributed by atoms with Gasteiger partial charge >= 0.3 is 5.97 Å². The quantitative estimate of drug-likeness (QED) is 0.699. The first-order valence-corrected chi connectivity index (χ1v) is 5.98. The molecule has 0 radical (unpaired) electrons. The summed E-state index contributed by atoms with van der Waals surface area (Å²) in [4.78, 5) is 11.0. The average Bonchev–Trinajstić information content (AvgIpc) is 2.33. The van der Waals surface area contributed by atoms with Gasteiger partial charge in [0.05, 0.1) is 5.92 Å². The first-order valence-electron chi connectivity index (χ1n) is 5.98. The summed E-state index contributed by atoms with van der Waals surface area (Å²) in [5, 5.41) is 9.07. The van der Waals surface area contributed by atoms with E-state index in [2.05, 4.69) is 0 Å². The van der Waals surface area contributed by atoms with E-state index in [-0.39, 0.29) is 5.92 Å². The Kier molecular flexibility index (Phi) is 3.09. The van der Waals surface area contributed by atoms with Gasteiger partial charge in [0.15, 0.2) is 0 Å². The van der Waals surface area contributed by atoms with E-state index >= 15 is 0 Å². The van der Waals surface area contributed by atoms with Gasteiger partial charge in [0.1, 0.15) is 0 Å². The molecule has 0 heterocycles. The smallest absolute Gasteiger partial charge is 0.306 e. The lowest BCUT2D eigenvalue weighted by atomic mass is 9.79. The molecule has 0 amide bonds. The Bertz CT molecular complexity index is 204. The molecule has 0 aliphatic heterocycles. The van der Waals surface area contributed by atoms with E-state index < -0.39 is 5.97 Å². The third-order valence-corrected chi connectivity index (χ3v) is 4.10. The number of aliphatic carboxylic acids is 1. The number of carboxylic acids is 1. The lowest BCUT2D eigenvalue weighted by Crippen LogP contribution is -2.19. The predicted molar refractivity (Wildman–Crippen MR) is 55.0 cm³/mol. The summed E-state index contributed by atoms with van der Waals surface area (Å²) < 4.78 is 0. The van der Waals surface area contributed by atoms with Crippen molar-refractivity contribution in [2.75, 3.05) is 0 Å². The van der Waals surface area contributed by atoms with Gasteiger partial charge in [-0.1, -0.05) is 38.5 Å². The standard InChI is InChI=1S/C12H20O2/c13-12(14)11-3-1-2-9-4-6-10(8-11)7-5-9/h9-11H,1-8H2,(H,13,14). The number of fused-ring (bicyclic) bond motifs is 6. The Balaban J connectivity index is 2.00. The van der Waals surface area contributed by atoms with Gasteiger partial charge in [0.2, 0.25) is 0 Å². The molecule has 14 heavy (non-hydrogen) atoms. The Morgan fingerprint density at radius 2 is 1.57 bits per heavy atom. The Morgan fingerprint density at radius 3 is 2.21 bits per heavy atom. The zero-order valence-corrected chi connectivity index (χ0v) is 8.74. The van der Waals surface area contributed by atoms with Crippen molar-refractivity contribution < 1.29 is 9.90 Å². The molecular weight excluding hydrogens is 176 g/mol. The number of hydrogen-bond donors (Lipinski definition) is 1. The summed E-state index contributed by atoms with van der Waals surface area (Å²) >= 11 is 0.